The summed E-state index contributed by atoms with van der Waals surface area (Å²) in [5, 5.41) is 11.6. The summed E-state index contributed by atoms with van der Waals surface area (Å²) >= 11 is 0. The summed E-state index contributed by atoms with van der Waals surface area (Å²) < 4.78 is 0. The van der Waals surface area contributed by atoms with Crippen molar-refractivity contribution in [3.05, 3.63) is 23.8 Å². The highest BCUT2D eigenvalue weighted by Crippen LogP contribution is 2.28. The second-order valence-corrected chi connectivity index (χ2v) is 4.39. The lowest BCUT2D eigenvalue weighted by atomic mass is 10.1. The number of likely N-dealkylation sites (N-methyl/N-ethyl adjacent to an activating group) is 1. The van der Waals surface area contributed by atoms with Crippen LogP contribution in [0, 0.1) is 0 Å². The monoisotopic (exact) mass is 262 g/mol. The minimum Gasteiger partial charge on any atom is -0.382 e. The van der Waals surface area contributed by atoms with Gasteiger partial charge in [0.2, 0.25) is 5.91 Å². The summed E-state index contributed by atoms with van der Waals surface area (Å²) in [4.78, 5) is 23.6. The molecule has 0 radical (unpaired) electrons. The maximum absolute atomic E-state index is 12.2. The Morgan fingerprint density at radius 3 is 2.74 bits per heavy atom. The number of fused-ring (bicyclic) bond motifs is 1. The predicted molar refractivity (Wildman–Crippen MR) is 74.4 cm³/mol. The molecular formula is C13H18N4O2. The predicted octanol–water partition coefficient (Wildman–Crippen LogP) is 0.388. The van der Waals surface area contributed by atoms with Crippen molar-refractivity contribution in [1.29, 1.82) is 0 Å². The average Bonchev–Trinajstić information content (AvgIpc) is 2.45. The van der Waals surface area contributed by atoms with Gasteiger partial charge in [-0.3, -0.25) is 9.59 Å². The van der Waals surface area contributed by atoms with Crippen LogP contribution in [0.25, 0.3) is 0 Å². The van der Waals surface area contributed by atoms with Gasteiger partial charge in [0, 0.05) is 20.1 Å². The number of amides is 2. The summed E-state index contributed by atoms with van der Waals surface area (Å²) in [7, 11) is 1.54. The molecule has 2 amide bonds. The first-order valence-corrected chi connectivity index (χ1v) is 6.26. The van der Waals surface area contributed by atoms with Crippen LogP contribution in [-0.4, -0.2) is 38.0 Å². The number of carbonyl (C=O) groups excluding carboxylic acids is 2. The molecule has 0 fully saturated rings. The molecule has 0 bridgehead atoms. The van der Waals surface area contributed by atoms with Gasteiger partial charge in [-0.05, 0) is 19.1 Å². The standard InChI is InChI=1S/C13H18N4O2/c1-8(12(18)14-2)17-13(19)9-4-3-5-10-11(9)16-7-6-15-10/h3-5,8,15-16H,6-7H2,1-2H3,(H,14,18)(H,17,19). The van der Waals surface area contributed by atoms with Crippen LogP contribution in [0.3, 0.4) is 0 Å². The fourth-order valence-corrected chi connectivity index (χ4v) is 2.02. The molecule has 1 aliphatic rings. The van der Waals surface area contributed by atoms with E-state index in [4.69, 9.17) is 0 Å². The molecule has 1 atom stereocenters. The number of hydrogen-bond acceptors (Lipinski definition) is 4. The smallest absolute Gasteiger partial charge is 0.254 e. The quantitative estimate of drug-likeness (QED) is 0.635. The van der Waals surface area contributed by atoms with E-state index in [1.807, 2.05) is 12.1 Å². The van der Waals surface area contributed by atoms with E-state index in [0.29, 0.717) is 5.56 Å². The first-order chi connectivity index (χ1) is 9.13. The Labute approximate surface area is 112 Å². The third-order valence-corrected chi connectivity index (χ3v) is 3.04. The lowest BCUT2D eigenvalue weighted by molar-refractivity contribution is -0.122. The summed E-state index contributed by atoms with van der Waals surface area (Å²) in [5.41, 5.74) is 2.24. The Hall–Kier alpha value is -2.24. The molecule has 0 saturated heterocycles. The zero-order chi connectivity index (χ0) is 13.8. The second kappa shape index (κ2) is 5.60. The maximum atomic E-state index is 12.2. The van der Waals surface area contributed by atoms with Crippen molar-refractivity contribution < 1.29 is 9.59 Å². The number of rotatable bonds is 3. The Morgan fingerprint density at radius 1 is 1.26 bits per heavy atom. The molecule has 0 aliphatic carbocycles. The maximum Gasteiger partial charge on any atom is 0.254 e. The lowest BCUT2D eigenvalue weighted by Gasteiger charge is -2.23. The number of benzene rings is 1. The number of carbonyl (C=O) groups is 2. The molecule has 6 heteroatoms. The third-order valence-electron chi connectivity index (χ3n) is 3.04. The van der Waals surface area contributed by atoms with E-state index < -0.39 is 6.04 Å². The molecule has 102 valence electrons. The SMILES string of the molecule is CNC(=O)C(C)NC(=O)c1cccc2c1NCCN2. The summed E-state index contributed by atoms with van der Waals surface area (Å²) in [5.74, 6) is -0.478. The van der Waals surface area contributed by atoms with Crippen LogP contribution in [0.2, 0.25) is 0 Å². The van der Waals surface area contributed by atoms with Crippen molar-refractivity contribution in [1.82, 2.24) is 10.6 Å². The molecule has 2 rings (SSSR count). The van der Waals surface area contributed by atoms with Crippen molar-refractivity contribution in [3.8, 4) is 0 Å². The van der Waals surface area contributed by atoms with Crippen LogP contribution in [0.5, 0.6) is 0 Å². The van der Waals surface area contributed by atoms with Crippen molar-refractivity contribution in [3.63, 3.8) is 0 Å². The van der Waals surface area contributed by atoms with E-state index in [2.05, 4.69) is 21.3 Å². The number of hydrogen-bond donors (Lipinski definition) is 4. The minimum absolute atomic E-state index is 0.218. The van der Waals surface area contributed by atoms with E-state index in [1.54, 1.807) is 20.0 Å². The zero-order valence-electron chi connectivity index (χ0n) is 11.0. The van der Waals surface area contributed by atoms with E-state index in [0.717, 1.165) is 24.5 Å². The average molecular weight is 262 g/mol. The summed E-state index contributed by atoms with van der Waals surface area (Å²) in [6, 6.07) is 4.91. The normalized spacial score (nSPS) is 14.4. The highest BCUT2D eigenvalue weighted by atomic mass is 16.2. The van der Waals surface area contributed by atoms with Crippen LogP contribution in [0.15, 0.2) is 18.2 Å². The fourth-order valence-electron chi connectivity index (χ4n) is 2.02. The molecule has 1 heterocycles. The van der Waals surface area contributed by atoms with Crippen LogP contribution in [-0.2, 0) is 4.79 Å². The van der Waals surface area contributed by atoms with Gasteiger partial charge in [-0.25, -0.2) is 0 Å². The molecule has 0 saturated carbocycles. The van der Waals surface area contributed by atoms with Gasteiger partial charge in [0.05, 0.1) is 16.9 Å². The van der Waals surface area contributed by atoms with Crippen molar-refractivity contribution in [2.75, 3.05) is 30.8 Å². The van der Waals surface area contributed by atoms with E-state index in [9.17, 15) is 9.59 Å². The van der Waals surface area contributed by atoms with Gasteiger partial charge in [-0.15, -0.1) is 0 Å². The summed E-state index contributed by atoms with van der Waals surface area (Å²) in [6.45, 7) is 3.24. The topological polar surface area (TPSA) is 82.3 Å². The Balaban J connectivity index is 2.18. The second-order valence-electron chi connectivity index (χ2n) is 4.39. The van der Waals surface area contributed by atoms with Gasteiger partial charge >= 0.3 is 0 Å². The van der Waals surface area contributed by atoms with Crippen molar-refractivity contribution >= 4 is 23.2 Å². The van der Waals surface area contributed by atoms with Gasteiger partial charge in [0.25, 0.3) is 5.91 Å². The molecule has 6 nitrogen and oxygen atoms in total. The van der Waals surface area contributed by atoms with Crippen molar-refractivity contribution in [2.45, 2.75) is 13.0 Å². The highest BCUT2D eigenvalue weighted by Gasteiger charge is 2.20. The Bertz CT molecular complexity index is 501. The van der Waals surface area contributed by atoms with Crippen LogP contribution >= 0.6 is 0 Å². The van der Waals surface area contributed by atoms with Gasteiger partial charge in [0.1, 0.15) is 6.04 Å². The highest BCUT2D eigenvalue weighted by molar-refractivity contribution is 6.04. The first-order valence-electron chi connectivity index (χ1n) is 6.26. The molecule has 1 aliphatic heterocycles. The molecule has 4 N–H and O–H groups in total. The number of para-hydroxylation sites is 1. The minimum atomic E-state index is -0.565. The molecule has 19 heavy (non-hydrogen) atoms. The molecule has 1 aromatic carbocycles. The lowest BCUT2D eigenvalue weighted by Crippen LogP contribution is -2.43. The first kappa shape index (κ1) is 13.2. The third kappa shape index (κ3) is 2.78. The summed E-state index contributed by atoms with van der Waals surface area (Å²) in [6.07, 6.45) is 0. The van der Waals surface area contributed by atoms with E-state index in [-0.39, 0.29) is 11.8 Å². The zero-order valence-corrected chi connectivity index (χ0v) is 11.0. The van der Waals surface area contributed by atoms with Gasteiger partial charge in [0.15, 0.2) is 0 Å². The molecule has 0 spiro atoms. The molecular weight excluding hydrogens is 244 g/mol. The van der Waals surface area contributed by atoms with E-state index >= 15 is 0 Å². The van der Waals surface area contributed by atoms with Crippen LogP contribution in [0.4, 0.5) is 11.4 Å². The van der Waals surface area contributed by atoms with Gasteiger partial charge in [-0.1, -0.05) is 6.07 Å². The molecule has 1 unspecified atom stereocenters. The van der Waals surface area contributed by atoms with Crippen LogP contribution in [0.1, 0.15) is 17.3 Å². The Kier molecular flexibility index (Phi) is 3.89. The van der Waals surface area contributed by atoms with Gasteiger partial charge < -0.3 is 21.3 Å². The Morgan fingerprint density at radius 2 is 2.00 bits per heavy atom. The van der Waals surface area contributed by atoms with E-state index in [1.165, 1.54) is 0 Å². The molecule has 0 aromatic heterocycles. The number of anilines is 2. The van der Waals surface area contributed by atoms with Crippen molar-refractivity contribution in [2.24, 2.45) is 0 Å². The van der Waals surface area contributed by atoms with Gasteiger partial charge in [-0.2, -0.15) is 0 Å². The number of nitrogens with one attached hydrogen (secondary N) is 4. The fraction of sp³-hybridized carbons (Fsp3) is 0.385. The van der Waals surface area contributed by atoms with Crippen LogP contribution < -0.4 is 21.3 Å². The molecule has 1 aromatic rings. The largest absolute Gasteiger partial charge is 0.382 e.